The third kappa shape index (κ3) is 3.59. The Morgan fingerprint density at radius 1 is 1.20 bits per heavy atom. The average Bonchev–Trinajstić information content (AvgIpc) is 2.30. The maximum atomic E-state index is 4.23. The average molecular weight is 317 g/mol. The number of hydrogen-bond acceptors (Lipinski definition) is 3. The van der Waals surface area contributed by atoms with Gasteiger partial charge in [-0.25, -0.2) is 9.97 Å². The van der Waals surface area contributed by atoms with Crippen molar-refractivity contribution in [1.82, 2.24) is 9.97 Å². The molecule has 0 unspecified atom stereocenters. The molecule has 0 aromatic carbocycles. The monoisotopic (exact) mass is 317 g/mol. The minimum Gasteiger partial charge on any atom is -0.354 e. The zero-order chi connectivity index (χ0) is 10.5. The summed E-state index contributed by atoms with van der Waals surface area (Å²) in [7, 11) is 0. The molecule has 1 heterocycles. The fourth-order valence-corrected chi connectivity index (χ4v) is 2.31. The van der Waals surface area contributed by atoms with Crippen LogP contribution < -0.4 is 5.32 Å². The molecule has 82 valence electrons. The summed E-state index contributed by atoms with van der Waals surface area (Å²) >= 11 is 2.22. The van der Waals surface area contributed by atoms with Gasteiger partial charge in [0.15, 0.2) is 0 Å². The summed E-state index contributed by atoms with van der Waals surface area (Å²) in [4.78, 5) is 8.47. The van der Waals surface area contributed by atoms with E-state index in [1.54, 1.807) is 0 Å². The zero-order valence-electron chi connectivity index (χ0n) is 8.75. The largest absolute Gasteiger partial charge is 0.354 e. The topological polar surface area (TPSA) is 37.8 Å². The number of halogens is 1. The molecule has 1 aliphatic carbocycles. The first-order chi connectivity index (χ1) is 7.34. The molecule has 1 N–H and O–H groups in total. The van der Waals surface area contributed by atoms with Gasteiger partial charge in [0, 0.05) is 22.5 Å². The van der Waals surface area contributed by atoms with E-state index in [0.29, 0.717) is 0 Å². The van der Waals surface area contributed by atoms with Crippen LogP contribution in [0.1, 0.15) is 32.1 Å². The molecule has 1 fully saturated rings. The quantitative estimate of drug-likeness (QED) is 0.871. The Hall–Kier alpha value is -0.390. The Morgan fingerprint density at radius 2 is 1.87 bits per heavy atom. The normalized spacial score (nSPS) is 17.7. The number of nitrogens with one attached hydrogen (secondary N) is 1. The summed E-state index contributed by atoms with van der Waals surface area (Å²) in [6.07, 6.45) is 10.6. The van der Waals surface area contributed by atoms with E-state index in [4.69, 9.17) is 0 Å². The summed E-state index contributed by atoms with van der Waals surface area (Å²) < 4.78 is 1.08. The van der Waals surface area contributed by atoms with Gasteiger partial charge < -0.3 is 5.32 Å². The van der Waals surface area contributed by atoms with Crippen LogP contribution in [0, 0.1) is 9.49 Å². The highest BCUT2D eigenvalue weighted by Gasteiger charge is 2.13. The molecule has 1 aromatic rings. The highest BCUT2D eigenvalue weighted by atomic mass is 127. The highest BCUT2D eigenvalue weighted by molar-refractivity contribution is 14.1. The molecule has 4 heteroatoms. The molecule has 15 heavy (non-hydrogen) atoms. The summed E-state index contributed by atoms with van der Waals surface area (Å²) in [5.74, 6) is 1.59. The molecule has 2 rings (SSSR count). The number of anilines is 1. The Balaban J connectivity index is 1.79. The first-order valence-corrected chi connectivity index (χ1v) is 6.64. The third-order valence-electron chi connectivity index (χ3n) is 2.89. The van der Waals surface area contributed by atoms with Crippen LogP contribution in [-0.4, -0.2) is 16.5 Å². The third-order valence-corrected chi connectivity index (χ3v) is 3.45. The second-order valence-electron chi connectivity index (χ2n) is 4.11. The van der Waals surface area contributed by atoms with E-state index in [1.165, 1.54) is 32.1 Å². The van der Waals surface area contributed by atoms with Gasteiger partial charge in [-0.2, -0.15) is 0 Å². The molecule has 0 bridgehead atoms. The van der Waals surface area contributed by atoms with Gasteiger partial charge in [-0.05, 0) is 41.4 Å². The van der Waals surface area contributed by atoms with E-state index in [-0.39, 0.29) is 0 Å². The van der Waals surface area contributed by atoms with Crippen molar-refractivity contribution < 1.29 is 0 Å². The summed E-state index contributed by atoms with van der Waals surface area (Å²) in [6.45, 7) is 1.03. The van der Waals surface area contributed by atoms with Gasteiger partial charge in [-0.1, -0.05) is 19.3 Å². The molecular formula is C11H16IN3. The van der Waals surface area contributed by atoms with E-state index < -0.39 is 0 Å². The van der Waals surface area contributed by atoms with E-state index >= 15 is 0 Å². The van der Waals surface area contributed by atoms with Crippen molar-refractivity contribution in [1.29, 1.82) is 0 Å². The Bertz CT molecular complexity index is 293. The molecule has 3 nitrogen and oxygen atoms in total. The van der Waals surface area contributed by atoms with Gasteiger partial charge in [0.2, 0.25) is 5.95 Å². The van der Waals surface area contributed by atoms with Crippen LogP contribution in [0.25, 0.3) is 0 Å². The Kier molecular flexibility index (Phi) is 4.17. The fraction of sp³-hybridized carbons (Fsp3) is 0.636. The van der Waals surface area contributed by atoms with Crippen molar-refractivity contribution in [2.24, 2.45) is 5.92 Å². The first kappa shape index (κ1) is 11.1. The van der Waals surface area contributed by atoms with Crippen molar-refractivity contribution in [2.75, 3.05) is 11.9 Å². The predicted octanol–water partition coefficient (Wildman–Crippen LogP) is 3.07. The first-order valence-electron chi connectivity index (χ1n) is 5.56. The van der Waals surface area contributed by atoms with Gasteiger partial charge in [-0.15, -0.1) is 0 Å². The van der Waals surface area contributed by atoms with E-state index in [9.17, 15) is 0 Å². The number of rotatable bonds is 3. The SMILES string of the molecule is Ic1cnc(NCC2CCCCC2)nc1. The molecule has 0 saturated heterocycles. The molecule has 0 aliphatic heterocycles. The van der Waals surface area contributed by atoms with E-state index in [1.807, 2.05) is 12.4 Å². The summed E-state index contributed by atoms with van der Waals surface area (Å²) in [5.41, 5.74) is 0. The van der Waals surface area contributed by atoms with Gasteiger partial charge in [0.25, 0.3) is 0 Å². The molecule has 1 saturated carbocycles. The lowest BCUT2D eigenvalue weighted by Gasteiger charge is -2.21. The van der Waals surface area contributed by atoms with Crippen LogP contribution in [-0.2, 0) is 0 Å². The van der Waals surface area contributed by atoms with Crippen molar-refractivity contribution >= 4 is 28.5 Å². The molecule has 0 atom stereocenters. The second-order valence-corrected chi connectivity index (χ2v) is 5.36. The smallest absolute Gasteiger partial charge is 0.222 e. The fourth-order valence-electron chi connectivity index (χ4n) is 2.03. The van der Waals surface area contributed by atoms with Crippen LogP contribution in [0.4, 0.5) is 5.95 Å². The van der Waals surface area contributed by atoms with Crippen LogP contribution in [0.3, 0.4) is 0 Å². The van der Waals surface area contributed by atoms with Crippen LogP contribution >= 0.6 is 22.6 Å². The summed E-state index contributed by atoms with van der Waals surface area (Å²) in [5, 5.41) is 3.32. The molecule has 0 radical (unpaired) electrons. The van der Waals surface area contributed by atoms with Crippen molar-refractivity contribution in [2.45, 2.75) is 32.1 Å². The van der Waals surface area contributed by atoms with Gasteiger partial charge >= 0.3 is 0 Å². The van der Waals surface area contributed by atoms with Crippen molar-refractivity contribution in [3.63, 3.8) is 0 Å². The zero-order valence-corrected chi connectivity index (χ0v) is 10.9. The molecular weight excluding hydrogens is 301 g/mol. The minimum atomic E-state index is 0.765. The number of hydrogen-bond donors (Lipinski definition) is 1. The maximum Gasteiger partial charge on any atom is 0.222 e. The lowest BCUT2D eigenvalue weighted by atomic mass is 9.89. The minimum absolute atomic E-state index is 0.765. The molecule has 1 aliphatic rings. The summed E-state index contributed by atoms with van der Waals surface area (Å²) in [6, 6.07) is 0. The van der Waals surface area contributed by atoms with Gasteiger partial charge in [0.05, 0.1) is 0 Å². The lowest BCUT2D eigenvalue weighted by molar-refractivity contribution is 0.373. The predicted molar refractivity (Wildman–Crippen MR) is 69.8 cm³/mol. The van der Waals surface area contributed by atoms with E-state index in [0.717, 1.165) is 22.0 Å². The highest BCUT2D eigenvalue weighted by Crippen LogP contribution is 2.23. The van der Waals surface area contributed by atoms with Crippen molar-refractivity contribution in [3.8, 4) is 0 Å². The maximum absolute atomic E-state index is 4.23. The standard InChI is InChI=1S/C11H16IN3/c12-10-7-14-11(15-8-10)13-6-9-4-2-1-3-5-9/h7-9H,1-6H2,(H,13,14,15). The van der Waals surface area contributed by atoms with Gasteiger partial charge in [-0.3, -0.25) is 0 Å². The van der Waals surface area contributed by atoms with E-state index in [2.05, 4.69) is 37.9 Å². The molecule has 0 amide bonds. The Labute approximate surface area is 104 Å². The van der Waals surface area contributed by atoms with Crippen LogP contribution in [0.5, 0.6) is 0 Å². The van der Waals surface area contributed by atoms with Crippen molar-refractivity contribution in [3.05, 3.63) is 16.0 Å². The molecule has 1 aromatic heterocycles. The number of aromatic nitrogens is 2. The lowest BCUT2D eigenvalue weighted by Crippen LogP contribution is -2.18. The van der Waals surface area contributed by atoms with Crippen LogP contribution in [0.2, 0.25) is 0 Å². The van der Waals surface area contributed by atoms with Crippen LogP contribution in [0.15, 0.2) is 12.4 Å². The molecule has 0 spiro atoms. The number of nitrogens with zero attached hydrogens (tertiary/aromatic N) is 2. The second kappa shape index (κ2) is 5.63. The Morgan fingerprint density at radius 3 is 2.53 bits per heavy atom. The van der Waals surface area contributed by atoms with Gasteiger partial charge in [0.1, 0.15) is 0 Å².